The quantitative estimate of drug-likeness (QED) is 0.499. The minimum atomic E-state index is -1.15. The van der Waals surface area contributed by atoms with Gasteiger partial charge in [-0.1, -0.05) is 13.3 Å². The molecule has 0 saturated carbocycles. The highest BCUT2D eigenvalue weighted by atomic mass is 16.5. The Bertz CT molecular complexity index is 857. The number of benzene rings is 1. The fourth-order valence-corrected chi connectivity index (χ4v) is 2.70. The monoisotopic (exact) mass is 374 g/mol. The van der Waals surface area contributed by atoms with E-state index in [9.17, 15) is 19.5 Å². The van der Waals surface area contributed by atoms with E-state index in [0.29, 0.717) is 17.8 Å². The minimum absolute atomic E-state index is 0.112. The van der Waals surface area contributed by atoms with E-state index in [4.69, 9.17) is 9.15 Å². The number of carboxylic acids is 1. The number of fused-ring (bicyclic) bond motifs is 1. The van der Waals surface area contributed by atoms with Crippen LogP contribution in [0.4, 0.5) is 0 Å². The van der Waals surface area contributed by atoms with Crippen LogP contribution in [-0.4, -0.2) is 24.5 Å². The Morgan fingerprint density at radius 3 is 2.74 bits per heavy atom. The minimum Gasteiger partial charge on any atom is -0.550 e. The van der Waals surface area contributed by atoms with E-state index in [0.717, 1.165) is 30.2 Å². The van der Waals surface area contributed by atoms with Gasteiger partial charge in [0.05, 0.1) is 0 Å². The van der Waals surface area contributed by atoms with E-state index in [1.54, 1.807) is 19.1 Å². The molecule has 0 radical (unpaired) electrons. The molecule has 27 heavy (non-hydrogen) atoms. The Morgan fingerprint density at radius 2 is 2.04 bits per heavy atom. The number of carbonyl (C=O) groups is 2. The second-order valence-corrected chi connectivity index (χ2v) is 6.38. The van der Waals surface area contributed by atoms with Crippen molar-refractivity contribution < 1.29 is 23.8 Å². The van der Waals surface area contributed by atoms with Crippen molar-refractivity contribution in [3.8, 4) is 5.75 Å². The predicted molar refractivity (Wildman–Crippen MR) is 98.4 cm³/mol. The second-order valence-electron chi connectivity index (χ2n) is 6.38. The molecule has 0 aliphatic carbocycles. The molecular formula is C20H24NO6-. The molecule has 1 aromatic heterocycles. The van der Waals surface area contributed by atoms with Gasteiger partial charge in [-0.15, -0.1) is 0 Å². The first-order valence-electron chi connectivity index (χ1n) is 9.11. The standard InChI is InChI=1S/C20H25NO6/c1-3-4-6-14-11-19(24)27-17-12-15(8-9-16(14)17)26-13(2)20(25)21-10-5-7-18(22)23/h8-9,11-13H,3-7,10H2,1-2H3,(H,21,25)(H,22,23)/p-1/t13-/m1/s1. The lowest BCUT2D eigenvalue weighted by atomic mass is 10.0. The molecule has 1 aromatic carbocycles. The van der Waals surface area contributed by atoms with E-state index < -0.39 is 17.7 Å². The van der Waals surface area contributed by atoms with E-state index >= 15 is 0 Å². The Hall–Kier alpha value is -2.83. The van der Waals surface area contributed by atoms with Gasteiger partial charge in [-0.2, -0.15) is 0 Å². The maximum absolute atomic E-state index is 12.0. The fraction of sp³-hybridized carbons (Fsp3) is 0.450. The van der Waals surface area contributed by atoms with E-state index in [-0.39, 0.29) is 18.9 Å². The summed E-state index contributed by atoms with van der Waals surface area (Å²) in [7, 11) is 0. The lowest BCUT2D eigenvalue weighted by molar-refractivity contribution is -0.305. The largest absolute Gasteiger partial charge is 0.550 e. The molecule has 1 heterocycles. The van der Waals surface area contributed by atoms with Crippen LogP contribution in [0, 0.1) is 0 Å². The molecule has 0 unspecified atom stereocenters. The topological polar surface area (TPSA) is 109 Å². The average Bonchev–Trinajstić information content (AvgIpc) is 2.62. The highest BCUT2D eigenvalue weighted by Gasteiger charge is 2.15. The molecule has 0 bridgehead atoms. The van der Waals surface area contributed by atoms with Crippen LogP contribution in [0.5, 0.6) is 5.75 Å². The lowest BCUT2D eigenvalue weighted by Gasteiger charge is -2.15. The lowest BCUT2D eigenvalue weighted by Crippen LogP contribution is -2.37. The van der Waals surface area contributed by atoms with Gasteiger partial charge in [-0.25, -0.2) is 4.79 Å². The van der Waals surface area contributed by atoms with Crippen molar-refractivity contribution in [2.45, 2.75) is 52.1 Å². The van der Waals surface area contributed by atoms with Crippen LogP contribution < -0.4 is 20.8 Å². The van der Waals surface area contributed by atoms with Crippen LogP contribution in [0.3, 0.4) is 0 Å². The van der Waals surface area contributed by atoms with E-state index in [1.807, 2.05) is 6.07 Å². The van der Waals surface area contributed by atoms with Gasteiger partial charge in [0.25, 0.3) is 5.91 Å². The number of ether oxygens (including phenoxy) is 1. The Kier molecular flexibility index (Phi) is 7.40. The molecule has 1 amide bonds. The second kappa shape index (κ2) is 9.75. The number of rotatable bonds is 10. The smallest absolute Gasteiger partial charge is 0.336 e. The van der Waals surface area contributed by atoms with Gasteiger partial charge in [0.1, 0.15) is 11.3 Å². The molecule has 146 valence electrons. The zero-order valence-electron chi connectivity index (χ0n) is 15.6. The molecule has 7 nitrogen and oxygen atoms in total. The van der Waals surface area contributed by atoms with Crippen LogP contribution in [0.2, 0.25) is 0 Å². The van der Waals surface area contributed by atoms with Crippen LogP contribution in [0.1, 0.15) is 45.1 Å². The first-order valence-corrected chi connectivity index (χ1v) is 9.11. The summed E-state index contributed by atoms with van der Waals surface area (Å²) in [5.74, 6) is -1.09. The summed E-state index contributed by atoms with van der Waals surface area (Å²) in [4.78, 5) is 34.1. The van der Waals surface area contributed by atoms with Crippen LogP contribution in [-0.2, 0) is 16.0 Å². The van der Waals surface area contributed by atoms with Gasteiger partial charge < -0.3 is 24.4 Å². The molecule has 0 aliphatic heterocycles. The molecule has 1 N–H and O–H groups in total. The summed E-state index contributed by atoms with van der Waals surface area (Å²) in [6, 6.07) is 6.67. The van der Waals surface area contributed by atoms with Crippen molar-refractivity contribution in [3.63, 3.8) is 0 Å². The first kappa shape index (κ1) is 20.5. The molecule has 2 rings (SSSR count). The van der Waals surface area contributed by atoms with Crippen molar-refractivity contribution in [1.29, 1.82) is 0 Å². The summed E-state index contributed by atoms with van der Waals surface area (Å²) >= 11 is 0. The molecule has 0 aliphatic rings. The first-order chi connectivity index (χ1) is 12.9. The van der Waals surface area contributed by atoms with Crippen LogP contribution >= 0.6 is 0 Å². The van der Waals surface area contributed by atoms with Gasteiger partial charge in [0.15, 0.2) is 6.10 Å². The maximum atomic E-state index is 12.0. The number of aliphatic carboxylic acids is 1. The molecule has 7 heteroatoms. The third kappa shape index (κ3) is 6.13. The van der Waals surface area contributed by atoms with Gasteiger partial charge in [-0.05, 0) is 50.3 Å². The molecule has 0 spiro atoms. The predicted octanol–water partition coefficient (Wildman–Crippen LogP) is 1.55. The highest BCUT2D eigenvalue weighted by molar-refractivity contribution is 5.83. The normalized spacial score (nSPS) is 11.9. The summed E-state index contributed by atoms with van der Waals surface area (Å²) in [6.45, 7) is 3.91. The van der Waals surface area contributed by atoms with Crippen molar-refractivity contribution in [3.05, 3.63) is 40.2 Å². The summed E-state index contributed by atoms with van der Waals surface area (Å²) in [5, 5.41) is 13.8. The maximum Gasteiger partial charge on any atom is 0.336 e. The summed E-state index contributed by atoms with van der Waals surface area (Å²) in [6.07, 6.45) is 2.20. The third-order valence-corrected chi connectivity index (χ3v) is 4.14. The number of nitrogens with one attached hydrogen (secondary N) is 1. The molecule has 0 fully saturated rings. The van der Waals surface area contributed by atoms with Crippen molar-refractivity contribution >= 4 is 22.8 Å². The highest BCUT2D eigenvalue weighted by Crippen LogP contribution is 2.24. The summed E-state index contributed by atoms with van der Waals surface area (Å²) in [5.41, 5.74) is 0.950. The molecular weight excluding hydrogens is 350 g/mol. The number of unbranched alkanes of at least 4 members (excludes halogenated alkanes) is 1. The number of aryl methyl sites for hydroxylation is 1. The Balaban J connectivity index is 2.05. The fourth-order valence-electron chi connectivity index (χ4n) is 2.70. The molecule has 2 aromatic rings. The van der Waals surface area contributed by atoms with Gasteiger partial charge in [0.2, 0.25) is 0 Å². The Morgan fingerprint density at radius 1 is 1.26 bits per heavy atom. The van der Waals surface area contributed by atoms with Crippen molar-refractivity contribution in [2.75, 3.05) is 6.54 Å². The molecule has 1 atom stereocenters. The zero-order chi connectivity index (χ0) is 19.8. The number of carboxylic acid groups (broad SMARTS) is 1. The number of carbonyl (C=O) groups excluding carboxylic acids is 2. The van der Waals surface area contributed by atoms with Crippen molar-refractivity contribution in [1.82, 2.24) is 5.32 Å². The van der Waals surface area contributed by atoms with Crippen LogP contribution in [0.25, 0.3) is 11.0 Å². The average molecular weight is 374 g/mol. The third-order valence-electron chi connectivity index (χ3n) is 4.14. The van der Waals surface area contributed by atoms with Gasteiger partial charge in [0, 0.05) is 30.0 Å². The zero-order valence-corrected chi connectivity index (χ0v) is 15.6. The molecule has 0 saturated heterocycles. The number of amides is 1. The number of hydrogen-bond donors (Lipinski definition) is 1. The van der Waals surface area contributed by atoms with E-state index in [1.165, 1.54) is 6.07 Å². The Labute approximate surface area is 157 Å². The van der Waals surface area contributed by atoms with Crippen molar-refractivity contribution in [2.24, 2.45) is 0 Å². The van der Waals surface area contributed by atoms with E-state index in [2.05, 4.69) is 12.2 Å². The SMILES string of the molecule is CCCCc1cc(=O)oc2cc(O[C@H](C)C(=O)NCCCC(=O)[O-])ccc12. The summed E-state index contributed by atoms with van der Waals surface area (Å²) < 4.78 is 10.9. The van der Waals surface area contributed by atoms with Crippen LogP contribution in [0.15, 0.2) is 33.5 Å². The van der Waals surface area contributed by atoms with Gasteiger partial charge >= 0.3 is 5.63 Å². The number of hydrogen-bond acceptors (Lipinski definition) is 6. The van der Waals surface area contributed by atoms with Gasteiger partial charge in [-0.3, -0.25) is 4.79 Å².